The smallest absolute Gasteiger partial charge is 0.387 e. The summed E-state index contributed by atoms with van der Waals surface area (Å²) in [5.74, 6) is -0.609. The SMILES string of the molecule is Cc1cc(C=O)c([N+](=O)[O-])c(OC(F)F)c1. The average molecular weight is 231 g/mol. The van der Waals surface area contributed by atoms with Crippen molar-refractivity contribution in [1.29, 1.82) is 0 Å². The van der Waals surface area contributed by atoms with Crippen LogP contribution in [0.15, 0.2) is 12.1 Å². The highest BCUT2D eigenvalue weighted by Crippen LogP contribution is 2.32. The number of alkyl halides is 2. The molecule has 0 aromatic heterocycles. The molecule has 0 aliphatic heterocycles. The predicted octanol–water partition coefficient (Wildman–Crippen LogP) is 2.32. The fraction of sp³-hybridized carbons (Fsp3) is 0.222. The van der Waals surface area contributed by atoms with Gasteiger partial charge in [0.2, 0.25) is 5.75 Å². The molecule has 0 aliphatic carbocycles. The first kappa shape index (κ1) is 12.0. The van der Waals surface area contributed by atoms with Crippen LogP contribution >= 0.6 is 0 Å². The second-order valence-electron chi connectivity index (χ2n) is 2.95. The van der Waals surface area contributed by atoms with Gasteiger partial charge in [-0.25, -0.2) is 0 Å². The van der Waals surface area contributed by atoms with Crippen molar-refractivity contribution < 1.29 is 23.2 Å². The molecular formula is C9H7F2NO4. The van der Waals surface area contributed by atoms with Crippen molar-refractivity contribution in [1.82, 2.24) is 0 Å². The lowest BCUT2D eigenvalue weighted by molar-refractivity contribution is -0.386. The van der Waals surface area contributed by atoms with E-state index in [1.165, 1.54) is 13.0 Å². The van der Waals surface area contributed by atoms with Crippen molar-refractivity contribution in [3.63, 3.8) is 0 Å². The minimum absolute atomic E-state index is 0.226. The summed E-state index contributed by atoms with van der Waals surface area (Å²) < 4.78 is 28.0. The minimum atomic E-state index is -3.18. The number of ether oxygens (including phenoxy) is 1. The second-order valence-corrected chi connectivity index (χ2v) is 2.95. The summed E-state index contributed by atoms with van der Waals surface area (Å²) in [4.78, 5) is 20.3. The van der Waals surface area contributed by atoms with Crippen LogP contribution < -0.4 is 4.74 Å². The fourth-order valence-electron chi connectivity index (χ4n) is 1.24. The first-order chi connectivity index (χ1) is 7.45. The van der Waals surface area contributed by atoms with Gasteiger partial charge in [0, 0.05) is 0 Å². The van der Waals surface area contributed by atoms with Gasteiger partial charge < -0.3 is 4.74 Å². The van der Waals surface area contributed by atoms with Crippen LogP contribution in [0.2, 0.25) is 0 Å². The highest BCUT2D eigenvalue weighted by Gasteiger charge is 2.23. The molecule has 0 N–H and O–H groups in total. The number of carbonyl (C=O) groups is 1. The first-order valence-electron chi connectivity index (χ1n) is 4.14. The van der Waals surface area contributed by atoms with Crippen LogP contribution in [0.4, 0.5) is 14.5 Å². The van der Waals surface area contributed by atoms with Crippen LogP contribution in [0.5, 0.6) is 5.75 Å². The molecular weight excluding hydrogens is 224 g/mol. The first-order valence-corrected chi connectivity index (χ1v) is 4.14. The number of nitrogens with zero attached hydrogens (tertiary/aromatic N) is 1. The molecule has 0 atom stereocenters. The monoisotopic (exact) mass is 231 g/mol. The number of hydrogen-bond acceptors (Lipinski definition) is 4. The van der Waals surface area contributed by atoms with Crippen molar-refractivity contribution >= 4 is 12.0 Å². The van der Waals surface area contributed by atoms with Crippen molar-refractivity contribution in [2.45, 2.75) is 13.5 Å². The van der Waals surface area contributed by atoms with E-state index in [9.17, 15) is 23.7 Å². The Labute approximate surface area is 88.8 Å². The Kier molecular flexibility index (Phi) is 3.49. The van der Waals surface area contributed by atoms with E-state index in [1.807, 2.05) is 0 Å². The molecule has 5 nitrogen and oxygen atoms in total. The van der Waals surface area contributed by atoms with Crippen LogP contribution in [-0.2, 0) is 0 Å². The third kappa shape index (κ3) is 2.50. The zero-order valence-corrected chi connectivity index (χ0v) is 8.15. The number of aryl methyl sites for hydroxylation is 1. The Bertz CT molecular complexity index is 434. The number of hydrogen-bond donors (Lipinski definition) is 0. The molecule has 0 amide bonds. The van der Waals surface area contributed by atoms with E-state index in [0.29, 0.717) is 5.56 Å². The Morgan fingerprint density at radius 3 is 2.56 bits per heavy atom. The topological polar surface area (TPSA) is 69.4 Å². The summed E-state index contributed by atoms with van der Waals surface area (Å²) in [7, 11) is 0. The molecule has 0 spiro atoms. The molecule has 0 unspecified atom stereocenters. The summed E-state index contributed by atoms with van der Waals surface area (Å²) in [6.07, 6.45) is 0.226. The van der Waals surface area contributed by atoms with E-state index in [0.717, 1.165) is 6.07 Å². The fourth-order valence-corrected chi connectivity index (χ4v) is 1.24. The molecule has 0 saturated carbocycles. The number of rotatable bonds is 4. The molecule has 0 bridgehead atoms. The highest BCUT2D eigenvalue weighted by molar-refractivity contribution is 5.84. The molecule has 7 heteroatoms. The van der Waals surface area contributed by atoms with Crippen molar-refractivity contribution in [2.24, 2.45) is 0 Å². The largest absolute Gasteiger partial charge is 0.427 e. The van der Waals surface area contributed by atoms with Crippen LogP contribution in [-0.4, -0.2) is 17.8 Å². The molecule has 0 aliphatic rings. The Hall–Kier alpha value is -2.05. The summed E-state index contributed by atoms with van der Waals surface area (Å²) in [6.45, 7) is -1.67. The molecule has 0 radical (unpaired) electrons. The highest BCUT2D eigenvalue weighted by atomic mass is 19.3. The van der Waals surface area contributed by atoms with Crippen molar-refractivity contribution in [3.05, 3.63) is 33.4 Å². The molecule has 1 aromatic carbocycles. The van der Waals surface area contributed by atoms with Crippen LogP contribution in [0.3, 0.4) is 0 Å². The molecule has 16 heavy (non-hydrogen) atoms. The number of carbonyl (C=O) groups excluding carboxylic acids is 1. The van der Waals surface area contributed by atoms with Crippen molar-refractivity contribution in [2.75, 3.05) is 0 Å². The number of nitro benzene ring substituents is 1. The lowest BCUT2D eigenvalue weighted by Crippen LogP contribution is -2.06. The van der Waals surface area contributed by atoms with E-state index in [2.05, 4.69) is 4.74 Å². The van der Waals surface area contributed by atoms with E-state index in [-0.39, 0.29) is 11.8 Å². The van der Waals surface area contributed by atoms with Gasteiger partial charge in [0.05, 0.1) is 10.5 Å². The Morgan fingerprint density at radius 1 is 1.50 bits per heavy atom. The van der Waals surface area contributed by atoms with Crippen molar-refractivity contribution in [3.8, 4) is 5.75 Å². The molecule has 0 saturated heterocycles. The zero-order chi connectivity index (χ0) is 12.3. The molecule has 1 aromatic rings. The maximum Gasteiger partial charge on any atom is 0.387 e. The van der Waals surface area contributed by atoms with Crippen LogP contribution in [0, 0.1) is 17.0 Å². The lowest BCUT2D eigenvalue weighted by atomic mass is 10.1. The molecule has 0 heterocycles. The van der Waals surface area contributed by atoms with Gasteiger partial charge in [-0.2, -0.15) is 8.78 Å². The van der Waals surface area contributed by atoms with Gasteiger partial charge in [0.15, 0.2) is 6.29 Å². The van der Waals surface area contributed by atoms with Gasteiger partial charge in [0.25, 0.3) is 0 Å². The van der Waals surface area contributed by atoms with E-state index < -0.39 is 23.0 Å². The predicted molar refractivity (Wildman–Crippen MR) is 49.9 cm³/mol. The number of halogens is 2. The quantitative estimate of drug-likeness (QED) is 0.453. The maximum absolute atomic E-state index is 12.0. The number of nitro groups is 1. The molecule has 1 rings (SSSR count). The van der Waals surface area contributed by atoms with Gasteiger partial charge in [-0.05, 0) is 24.6 Å². The third-order valence-electron chi connectivity index (χ3n) is 1.77. The normalized spacial score (nSPS) is 10.2. The van der Waals surface area contributed by atoms with Crippen LogP contribution in [0.25, 0.3) is 0 Å². The summed E-state index contributed by atoms with van der Waals surface area (Å²) >= 11 is 0. The zero-order valence-electron chi connectivity index (χ0n) is 8.15. The standard InChI is InChI=1S/C9H7F2NO4/c1-5-2-6(4-13)8(12(14)15)7(3-5)16-9(10)11/h2-4,9H,1H3. The van der Waals surface area contributed by atoms with Crippen LogP contribution in [0.1, 0.15) is 15.9 Å². The summed E-state index contributed by atoms with van der Waals surface area (Å²) in [5.41, 5.74) is -0.620. The third-order valence-corrected chi connectivity index (χ3v) is 1.77. The van der Waals surface area contributed by atoms with Gasteiger partial charge >= 0.3 is 12.3 Å². The Morgan fingerprint density at radius 2 is 2.12 bits per heavy atom. The van der Waals surface area contributed by atoms with Gasteiger partial charge in [-0.3, -0.25) is 14.9 Å². The lowest BCUT2D eigenvalue weighted by Gasteiger charge is -2.07. The molecule has 0 fully saturated rings. The minimum Gasteiger partial charge on any atom is -0.427 e. The van der Waals surface area contributed by atoms with Gasteiger partial charge in [-0.15, -0.1) is 0 Å². The molecule has 86 valence electrons. The van der Waals surface area contributed by atoms with Gasteiger partial charge in [0.1, 0.15) is 0 Å². The maximum atomic E-state index is 12.0. The average Bonchev–Trinajstić information content (AvgIpc) is 2.14. The van der Waals surface area contributed by atoms with Gasteiger partial charge in [-0.1, -0.05) is 0 Å². The second kappa shape index (κ2) is 4.65. The number of benzene rings is 1. The number of aldehydes is 1. The summed E-state index contributed by atoms with van der Waals surface area (Å²) in [6, 6.07) is 2.31. The summed E-state index contributed by atoms with van der Waals surface area (Å²) in [5, 5.41) is 10.6. The van der Waals surface area contributed by atoms with E-state index >= 15 is 0 Å². The Balaban J connectivity index is 3.37. The van der Waals surface area contributed by atoms with E-state index in [4.69, 9.17) is 0 Å². The van der Waals surface area contributed by atoms with E-state index in [1.54, 1.807) is 0 Å².